The molecule has 0 N–H and O–H groups in total. The van der Waals surface area contributed by atoms with Crippen molar-refractivity contribution in [2.75, 3.05) is 7.11 Å². The molecule has 0 amide bonds. The second kappa shape index (κ2) is 6.22. The van der Waals surface area contributed by atoms with Crippen LogP contribution in [0.1, 0.15) is 21.5 Å². The molecule has 6 heteroatoms. The molecule has 5 nitrogen and oxygen atoms in total. The highest BCUT2D eigenvalue weighted by Crippen LogP contribution is 2.18. The Bertz CT molecular complexity index is 834. The Morgan fingerprint density at radius 1 is 1.41 bits per heavy atom. The molecule has 0 radical (unpaired) electrons. The van der Waals surface area contributed by atoms with Crippen LogP contribution < -0.4 is 10.3 Å². The lowest BCUT2D eigenvalue weighted by Crippen LogP contribution is -2.26. The average molecular weight is 300 g/mol. The topological polar surface area (TPSA) is 72.1 Å². The number of hydrogen-bond acceptors (Lipinski definition) is 4. The molecular formula is C16H13FN2O3. The van der Waals surface area contributed by atoms with Crippen molar-refractivity contribution in [3.63, 3.8) is 0 Å². The summed E-state index contributed by atoms with van der Waals surface area (Å²) in [4.78, 5) is 24.2. The number of methoxy groups -OCH3 is 1. The number of hydrogen-bond donors (Lipinski definition) is 0. The molecule has 1 heterocycles. The maximum Gasteiger partial charge on any atom is 0.269 e. The molecule has 0 unspecified atom stereocenters. The van der Waals surface area contributed by atoms with E-state index in [1.807, 2.05) is 6.07 Å². The van der Waals surface area contributed by atoms with Crippen molar-refractivity contribution in [3.05, 3.63) is 63.3 Å². The Kier molecular flexibility index (Phi) is 4.37. The second-order valence-corrected chi connectivity index (χ2v) is 4.69. The van der Waals surface area contributed by atoms with Gasteiger partial charge < -0.3 is 9.30 Å². The van der Waals surface area contributed by atoms with Crippen molar-refractivity contribution in [3.8, 4) is 11.8 Å². The first-order valence-electron chi connectivity index (χ1n) is 6.44. The number of pyridine rings is 1. The molecule has 1 aromatic heterocycles. The zero-order valence-corrected chi connectivity index (χ0v) is 12.1. The lowest BCUT2D eigenvalue weighted by molar-refractivity contribution is 0.0970. The van der Waals surface area contributed by atoms with Crippen molar-refractivity contribution < 1.29 is 13.9 Å². The molecule has 0 aliphatic heterocycles. The van der Waals surface area contributed by atoms with Crippen LogP contribution in [0.15, 0.2) is 35.3 Å². The fraction of sp³-hybridized carbons (Fsp3) is 0.188. The van der Waals surface area contributed by atoms with Gasteiger partial charge in [-0.05, 0) is 36.8 Å². The first-order chi connectivity index (χ1) is 10.5. The summed E-state index contributed by atoms with van der Waals surface area (Å²) < 4.78 is 19.5. The minimum absolute atomic E-state index is 0.00351. The minimum atomic E-state index is -0.651. The number of Topliss-reactive ketones (excluding diaryl/α,β-unsaturated/α-hetero) is 1. The molecule has 0 aliphatic rings. The average Bonchev–Trinajstić information content (AvgIpc) is 2.50. The van der Waals surface area contributed by atoms with Gasteiger partial charge in [0.25, 0.3) is 5.56 Å². The van der Waals surface area contributed by atoms with Crippen molar-refractivity contribution in [1.29, 1.82) is 5.26 Å². The summed E-state index contributed by atoms with van der Waals surface area (Å²) in [5, 5.41) is 8.96. The maximum absolute atomic E-state index is 13.6. The maximum atomic E-state index is 13.6. The Hall–Kier alpha value is -2.94. The zero-order valence-electron chi connectivity index (χ0n) is 12.1. The normalized spacial score (nSPS) is 10.1. The van der Waals surface area contributed by atoms with E-state index in [4.69, 9.17) is 10.00 Å². The minimum Gasteiger partial charge on any atom is -0.494 e. The highest BCUT2D eigenvalue weighted by Gasteiger charge is 2.13. The molecule has 0 saturated carbocycles. The lowest BCUT2D eigenvalue weighted by atomic mass is 10.1. The number of carbonyl (C=O) groups excluding carboxylic acids is 1. The van der Waals surface area contributed by atoms with Crippen LogP contribution in [0.2, 0.25) is 0 Å². The first kappa shape index (κ1) is 15.4. The SMILES string of the molecule is COc1ccc(C(=O)Cn2ccc(C)c(C#N)c2=O)cc1F. The van der Waals surface area contributed by atoms with Crippen LogP contribution in [-0.2, 0) is 6.54 Å². The number of ether oxygens (including phenoxy) is 1. The van der Waals surface area contributed by atoms with Gasteiger partial charge in [-0.2, -0.15) is 5.26 Å². The molecule has 0 aliphatic carbocycles. The molecule has 0 spiro atoms. The Morgan fingerprint density at radius 3 is 2.73 bits per heavy atom. The van der Waals surface area contributed by atoms with Crippen LogP contribution in [0.4, 0.5) is 4.39 Å². The number of ketones is 1. The highest BCUT2D eigenvalue weighted by atomic mass is 19.1. The van der Waals surface area contributed by atoms with Crippen LogP contribution in [0.3, 0.4) is 0 Å². The summed E-state index contributed by atoms with van der Waals surface area (Å²) in [6, 6.07) is 7.24. The molecule has 0 atom stereocenters. The Labute approximate surface area is 126 Å². The number of rotatable bonds is 4. The summed E-state index contributed by atoms with van der Waals surface area (Å²) in [5.74, 6) is -1.05. The third-order valence-corrected chi connectivity index (χ3v) is 3.27. The number of halogens is 1. The van der Waals surface area contributed by atoms with Crippen LogP contribution in [0, 0.1) is 24.1 Å². The van der Waals surface area contributed by atoms with E-state index in [1.165, 1.54) is 25.4 Å². The second-order valence-electron chi connectivity index (χ2n) is 4.69. The van der Waals surface area contributed by atoms with Gasteiger partial charge in [-0.25, -0.2) is 4.39 Å². The first-order valence-corrected chi connectivity index (χ1v) is 6.44. The van der Waals surface area contributed by atoms with Gasteiger partial charge in [-0.3, -0.25) is 9.59 Å². The Balaban J connectivity index is 2.32. The van der Waals surface area contributed by atoms with E-state index in [0.717, 1.165) is 10.6 Å². The van der Waals surface area contributed by atoms with Crippen LogP contribution in [0.25, 0.3) is 0 Å². The largest absolute Gasteiger partial charge is 0.494 e. The van der Waals surface area contributed by atoms with E-state index in [9.17, 15) is 14.0 Å². The van der Waals surface area contributed by atoms with E-state index < -0.39 is 17.2 Å². The summed E-state index contributed by atoms with van der Waals surface area (Å²) in [7, 11) is 1.33. The molecule has 0 saturated heterocycles. The fourth-order valence-corrected chi connectivity index (χ4v) is 2.01. The van der Waals surface area contributed by atoms with E-state index >= 15 is 0 Å². The van der Waals surface area contributed by atoms with Gasteiger partial charge in [0.05, 0.1) is 13.7 Å². The third kappa shape index (κ3) is 2.88. The summed E-state index contributed by atoms with van der Waals surface area (Å²) in [5.41, 5.74) is 0.136. The molecule has 2 rings (SSSR count). The van der Waals surface area contributed by atoms with Crippen molar-refractivity contribution in [1.82, 2.24) is 4.57 Å². The van der Waals surface area contributed by atoms with Gasteiger partial charge >= 0.3 is 0 Å². The van der Waals surface area contributed by atoms with E-state index in [-0.39, 0.29) is 23.4 Å². The van der Waals surface area contributed by atoms with Crippen LogP contribution in [-0.4, -0.2) is 17.5 Å². The van der Waals surface area contributed by atoms with Crippen molar-refractivity contribution >= 4 is 5.78 Å². The summed E-state index contributed by atoms with van der Waals surface area (Å²) in [6.07, 6.45) is 1.44. The molecule has 0 bridgehead atoms. The van der Waals surface area contributed by atoms with Gasteiger partial charge in [0.15, 0.2) is 17.3 Å². The predicted octanol–water partition coefficient (Wildman–Crippen LogP) is 2.06. The predicted molar refractivity (Wildman–Crippen MR) is 77.4 cm³/mol. The molecule has 2 aromatic rings. The van der Waals surface area contributed by atoms with Gasteiger partial charge in [0, 0.05) is 11.8 Å². The monoisotopic (exact) mass is 300 g/mol. The van der Waals surface area contributed by atoms with Crippen LogP contribution >= 0.6 is 0 Å². The van der Waals surface area contributed by atoms with Crippen molar-refractivity contribution in [2.24, 2.45) is 0 Å². The quantitative estimate of drug-likeness (QED) is 0.810. The Morgan fingerprint density at radius 2 is 2.14 bits per heavy atom. The molecule has 1 aromatic carbocycles. The fourth-order valence-electron chi connectivity index (χ4n) is 2.01. The van der Waals surface area contributed by atoms with Gasteiger partial charge in [-0.1, -0.05) is 0 Å². The number of carbonyl (C=O) groups is 1. The zero-order chi connectivity index (χ0) is 16.3. The standard InChI is InChI=1S/C16H13FN2O3/c1-10-5-6-19(16(21)12(10)8-18)9-14(20)11-3-4-15(22-2)13(17)7-11/h3-7H,9H2,1-2H3. The van der Waals surface area contributed by atoms with Gasteiger partial charge in [-0.15, -0.1) is 0 Å². The van der Waals surface area contributed by atoms with Gasteiger partial charge in [0.2, 0.25) is 0 Å². The number of benzene rings is 1. The summed E-state index contributed by atoms with van der Waals surface area (Å²) >= 11 is 0. The van der Waals surface area contributed by atoms with Gasteiger partial charge in [0.1, 0.15) is 11.6 Å². The smallest absolute Gasteiger partial charge is 0.269 e. The number of nitrogens with zero attached hydrogens (tertiary/aromatic N) is 2. The van der Waals surface area contributed by atoms with Crippen LogP contribution in [0.5, 0.6) is 5.75 Å². The van der Waals surface area contributed by atoms with E-state index in [1.54, 1.807) is 13.0 Å². The van der Waals surface area contributed by atoms with E-state index in [0.29, 0.717) is 5.56 Å². The number of nitriles is 1. The molecule has 22 heavy (non-hydrogen) atoms. The lowest BCUT2D eigenvalue weighted by Gasteiger charge is -2.08. The third-order valence-electron chi connectivity index (χ3n) is 3.27. The molecule has 0 fully saturated rings. The highest BCUT2D eigenvalue weighted by molar-refractivity contribution is 5.96. The summed E-state index contributed by atoms with van der Waals surface area (Å²) in [6.45, 7) is 1.38. The molecular weight excluding hydrogens is 287 g/mol. The molecule has 112 valence electrons. The number of aromatic nitrogens is 1. The van der Waals surface area contributed by atoms with Crippen molar-refractivity contribution in [2.45, 2.75) is 13.5 Å². The van der Waals surface area contributed by atoms with E-state index in [2.05, 4.69) is 0 Å². The number of aryl methyl sites for hydroxylation is 1.